The van der Waals surface area contributed by atoms with E-state index in [4.69, 9.17) is 0 Å². The zero-order valence-corrected chi connectivity index (χ0v) is 14.7. The summed E-state index contributed by atoms with van der Waals surface area (Å²) in [7, 11) is 0. The van der Waals surface area contributed by atoms with Gasteiger partial charge >= 0.3 is 0 Å². The molecule has 26 heavy (non-hydrogen) atoms. The van der Waals surface area contributed by atoms with Gasteiger partial charge in [-0.3, -0.25) is 10.1 Å². The SMILES string of the molecule is C.Cc1ccc(SNc2nc(-c3cccc([N+](=O)[O-])c3)ns2)cc1.O.O. The maximum absolute atomic E-state index is 10.8. The fourth-order valence-electron chi connectivity index (χ4n) is 1.85. The van der Waals surface area contributed by atoms with E-state index in [-0.39, 0.29) is 24.1 Å². The highest BCUT2D eigenvalue weighted by Gasteiger charge is 2.11. The van der Waals surface area contributed by atoms with Gasteiger partial charge in [0.1, 0.15) is 0 Å². The van der Waals surface area contributed by atoms with Crippen LogP contribution >= 0.6 is 23.5 Å². The van der Waals surface area contributed by atoms with Gasteiger partial charge in [0.25, 0.3) is 5.69 Å². The highest BCUT2D eigenvalue weighted by Crippen LogP contribution is 2.27. The normalized spacial score (nSPS) is 9.27. The average Bonchev–Trinajstić information content (AvgIpc) is 3.03. The zero-order chi connectivity index (χ0) is 16.2. The van der Waals surface area contributed by atoms with Gasteiger partial charge in [0.15, 0.2) is 5.82 Å². The van der Waals surface area contributed by atoms with Crippen LogP contribution in [-0.4, -0.2) is 25.2 Å². The summed E-state index contributed by atoms with van der Waals surface area (Å²) in [6, 6.07) is 14.4. The first-order valence-corrected chi connectivity index (χ1v) is 8.29. The first-order chi connectivity index (χ1) is 11.1. The topological polar surface area (TPSA) is 144 Å². The van der Waals surface area contributed by atoms with Crippen molar-refractivity contribution < 1.29 is 15.9 Å². The molecule has 0 aliphatic rings. The van der Waals surface area contributed by atoms with Gasteiger partial charge in [-0.2, -0.15) is 9.36 Å². The van der Waals surface area contributed by atoms with Crippen molar-refractivity contribution >= 4 is 34.3 Å². The quantitative estimate of drug-likeness (QED) is 0.397. The molecule has 1 heterocycles. The molecule has 0 aliphatic heterocycles. The Kier molecular flexibility index (Phi) is 9.44. The molecule has 0 radical (unpaired) electrons. The van der Waals surface area contributed by atoms with Crippen molar-refractivity contribution in [1.82, 2.24) is 9.36 Å². The lowest BCUT2D eigenvalue weighted by molar-refractivity contribution is -0.384. The molecule has 3 rings (SSSR count). The van der Waals surface area contributed by atoms with Crippen molar-refractivity contribution in [3.63, 3.8) is 0 Å². The predicted octanol–water partition coefficient (Wildman–Crippen LogP) is 3.53. The van der Waals surface area contributed by atoms with E-state index in [1.54, 1.807) is 12.1 Å². The first kappa shape index (κ1) is 23.5. The van der Waals surface area contributed by atoms with E-state index < -0.39 is 4.92 Å². The van der Waals surface area contributed by atoms with E-state index in [0.29, 0.717) is 16.5 Å². The third-order valence-corrected chi connectivity index (χ3v) is 4.58. The minimum Gasteiger partial charge on any atom is -0.412 e. The standard InChI is InChI=1S/C15H12N4O2S2.CH4.2H2O/c1-10-5-7-13(8-6-10)22-18-15-16-14(17-23-15)11-3-2-4-12(9-11)19(20)21;;;/h2-9H,1H3,(H,16,17,18);1H4;2*1H2. The van der Waals surface area contributed by atoms with Crippen LogP contribution in [0.3, 0.4) is 0 Å². The van der Waals surface area contributed by atoms with E-state index in [1.165, 1.54) is 41.2 Å². The number of anilines is 1. The summed E-state index contributed by atoms with van der Waals surface area (Å²) in [4.78, 5) is 15.8. The molecule has 140 valence electrons. The molecule has 0 amide bonds. The van der Waals surface area contributed by atoms with Gasteiger partial charge in [-0.25, -0.2) is 0 Å². The molecular formula is C16H20N4O4S2. The molecule has 8 nitrogen and oxygen atoms in total. The van der Waals surface area contributed by atoms with Crippen LogP contribution in [0.1, 0.15) is 13.0 Å². The van der Waals surface area contributed by atoms with Crippen molar-refractivity contribution in [3.05, 3.63) is 64.2 Å². The second-order valence-electron chi connectivity index (χ2n) is 4.75. The van der Waals surface area contributed by atoms with E-state index >= 15 is 0 Å². The van der Waals surface area contributed by atoms with E-state index in [2.05, 4.69) is 14.1 Å². The Morgan fingerprint density at radius 3 is 2.50 bits per heavy atom. The Labute approximate surface area is 159 Å². The van der Waals surface area contributed by atoms with Gasteiger partial charge in [-0.1, -0.05) is 37.3 Å². The molecule has 2 aromatic carbocycles. The molecule has 0 aliphatic carbocycles. The van der Waals surface area contributed by atoms with Crippen LogP contribution in [0.25, 0.3) is 11.4 Å². The number of nitrogens with one attached hydrogen (secondary N) is 1. The van der Waals surface area contributed by atoms with Gasteiger partial charge in [0, 0.05) is 34.1 Å². The smallest absolute Gasteiger partial charge is 0.270 e. The minimum absolute atomic E-state index is 0. The van der Waals surface area contributed by atoms with Gasteiger partial charge in [0.05, 0.1) is 4.92 Å². The predicted molar refractivity (Wildman–Crippen MR) is 107 cm³/mol. The number of hydrogen-bond acceptors (Lipinski definition) is 7. The fraction of sp³-hybridized carbons (Fsp3) is 0.125. The van der Waals surface area contributed by atoms with Gasteiger partial charge in [-0.05, 0) is 31.0 Å². The Balaban J connectivity index is 0.00000208. The molecule has 10 heteroatoms. The fourth-order valence-corrected chi connectivity index (χ4v) is 3.09. The number of nitro benzene ring substituents is 1. The van der Waals surface area contributed by atoms with Crippen molar-refractivity contribution in [2.75, 3.05) is 4.72 Å². The average molecular weight is 396 g/mol. The van der Waals surface area contributed by atoms with Crippen LogP contribution in [0, 0.1) is 17.0 Å². The number of nitro groups is 1. The van der Waals surface area contributed by atoms with Gasteiger partial charge in [-0.15, -0.1) is 0 Å². The van der Waals surface area contributed by atoms with Crippen LogP contribution in [-0.2, 0) is 0 Å². The Bertz CT molecular complexity index is 840. The maximum Gasteiger partial charge on any atom is 0.270 e. The summed E-state index contributed by atoms with van der Waals surface area (Å²) in [5.41, 5.74) is 1.86. The number of aryl methyl sites for hydroxylation is 1. The van der Waals surface area contributed by atoms with Crippen LogP contribution in [0.15, 0.2) is 53.4 Å². The summed E-state index contributed by atoms with van der Waals surface area (Å²) in [5.74, 6) is 0.478. The zero-order valence-electron chi connectivity index (χ0n) is 13.1. The van der Waals surface area contributed by atoms with Crippen molar-refractivity contribution in [3.8, 4) is 11.4 Å². The molecule has 3 aromatic rings. The maximum atomic E-state index is 10.8. The summed E-state index contributed by atoms with van der Waals surface area (Å²) >= 11 is 2.67. The minimum atomic E-state index is -0.428. The highest BCUT2D eigenvalue weighted by atomic mass is 32.2. The number of aromatic nitrogens is 2. The molecule has 0 fully saturated rings. The summed E-state index contributed by atoms with van der Waals surface area (Å²) in [6.07, 6.45) is 0. The molecule has 1 aromatic heterocycles. The molecule has 0 bridgehead atoms. The second-order valence-corrected chi connectivity index (χ2v) is 6.38. The number of benzene rings is 2. The number of nitrogens with zero attached hydrogens (tertiary/aromatic N) is 3. The monoisotopic (exact) mass is 396 g/mol. The third-order valence-electron chi connectivity index (χ3n) is 3.02. The third kappa shape index (κ3) is 5.77. The Morgan fingerprint density at radius 1 is 1.15 bits per heavy atom. The van der Waals surface area contributed by atoms with E-state index in [1.807, 2.05) is 31.2 Å². The lowest BCUT2D eigenvalue weighted by Crippen LogP contribution is -1.89. The van der Waals surface area contributed by atoms with Gasteiger partial charge in [0.2, 0.25) is 5.13 Å². The molecule has 5 N–H and O–H groups in total. The second kappa shape index (κ2) is 10.5. The van der Waals surface area contributed by atoms with Crippen LogP contribution in [0.5, 0.6) is 0 Å². The summed E-state index contributed by atoms with van der Waals surface area (Å²) in [5, 5.41) is 11.5. The van der Waals surface area contributed by atoms with Crippen molar-refractivity contribution in [2.45, 2.75) is 19.2 Å². The van der Waals surface area contributed by atoms with E-state index in [0.717, 1.165) is 4.90 Å². The molecule has 0 saturated carbocycles. The van der Waals surface area contributed by atoms with Gasteiger partial charge < -0.3 is 15.7 Å². The number of rotatable bonds is 5. The lowest BCUT2D eigenvalue weighted by atomic mass is 10.2. The highest BCUT2D eigenvalue weighted by molar-refractivity contribution is 8.00. The Morgan fingerprint density at radius 2 is 1.85 bits per heavy atom. The molecule has 0 atom stereocenters. The van der Waals surface area contributed by atoms with Crippen LogP contribution in [0.2, 0.25) is 0 Å². The number of hydrogen-bond donors (Lipinski definition) is 1. The first-order valence-electron chi connectivity index (χ1n) is 6.70. The largest absolute Gasteiger partial charge is 0.412 e. The van der Waals surface area contributed by atoms with Crippen LogP contribution < -0.4 is 4.72 Å². The van der Waals surface area contributed by atoms with E-state index in [9.17, 15) is 10.1 Å². The summed E-state index contributed by atoms with van der Waals surface area (Å²) in [6.45, 7) is 2.04. The Hall–Kier alpha value is -2.53. The molecular weight excluding hydrogens is 376 g/mol. The number of non-ortho nitro benzene ring substituents is 1. The van der Waals surface area contributed by atoms with Crippen LogP contribution in [0.4, 0.5) is 10.8 Å². The lowest BCUT2D eigenvalue weighted by Gasteiger charge is -2.01. The molecule has 0 unspecified atom stereocenters. The van der Waals surface area contributed by atoms with Crippen molar-refractivity contribution in [1.29, 1.82) is 0 Å². The molecule has 0 saturated heterocycles. The van der Waals surface area contributed by atoms with Crippen molar-refractivity contribution in [2.24, 2.45) is 0 Å². The summed E-state index contributed by atoms with van der Waals surface area (Å²) < 4.78 is 7.38. The molecule has 0 spiro atoms.